The van der Waals surface area contributed by atoms with Gasteiger partial charge in [0.25, 0.3) is 0 Å². The molecule has 2 N–H and O–H groups in total. The molecule has 0 aliphatic heterocycles. The first-order valence-corrected chi connectivity index (χ1v) is 7.21. The first kappa shape index (κ1) is 16.4. The van der Waals surface area contributed by atoms with Crippen LogP contribution in [0.1, 0.15) is 32.6 Å². The summed E-state index contributed by atoms with van der Waals surface area (Å²) in [6.45, 7) is 3.75. The Balaban J connectivity index is 2.34. The van der Waals surface area contributed by atoms with Crippen molar-refractivity contribution in [3.05, 3.63) is 0 Å². The third-order valence-electron chi connectivity index (χ3n) is 4.04. The molecule has 1 amide bonds. The summed E-state index contributed by atoms with van der Waals surface area (Å²) >= 11 is 0. The van der Waals surface area contributed by atoms with Crippen molar-refractivity contribution in [2.45, 2.75) is 44.8 Å². The highest BCUT2D eigenvalue weighted by Gasteiger charge is 2.27. The molecule has 0 aromatic carbocycles. The second kappa shape index (κ2) is 8.51. The van der Waals surface area contributed by atoms with Crippen molar-refractivity contribution < 1.29 is 14.6 Å². The molecular weight excluding hydrogens is 244 g/mol. The van der Waals surface area contributed by atoms with Gasteiger partial charge in [-0.15, -0.1) is 0 Å². The minimum Gasteiger partial charge on any atom is -0.393 e. The van der Waals surface area contributed by atoms with E-state index in [9.17, 15) is 9.90 Å². The second-order valence-corrected chi connectivity index (χ2v) is 5.51. The Bertz CT molecular complexity index is 273. The molecule has 5 heteroatoms. The fourth-order valence-corrected chi connectivity index (χ4v) is 2.55. The SMILES string of the molecule is COCCNC(=O)C(C)N(C)CC1CCCCC1O. The van der Waals surface area contributed by atoms with Crippen LogP contribution in [-0.2, 0) is 9.53 Å². The van der Waals surface area contributed by atoms with Crippen LogP contribution in [0.25, 0.3) is 0 Å². The molecule has 5 nitrogen and oxygen atoms in total. The van der Waals surface area contributed by atoms with E-state index in [0.29, 0.717) is 19.1 Å². The summed E-state index contributed by atoms with van der Waals surface area (Å²) in [6, 6.07) is -0.175. The van der Waals surface area contributed by atoms with Gasteiger partial charge in [-0.1, -0.05) is 12.8 Å². The predicted octanol–water partition coefficient (Wildman–Crippen LogP) is 0.620. The van der Waals surface area contributed by atoms with E-state index in [4.69, 9.17) is 4.74 Å². The Kier molecular flexibility index (Phi) is 7.34. The van der Waals surface area contributed by atoms with Crippen molar-refractivity contribution >= 4 is 5.91 Å². The van der Waals surface area contributed by atoms with E-state index in [-0.39, 0.29) is 18.1 Å². The van der Waals surface area contributed by atoms with Crippen LogP contribution in [0.15, 0.2) is 0 Å². The van der Waals surface area contributed by atoms with Crippen LogP contribution in [0.4, 0.5) is 0 Å². The summed E-state index contributed by atoms with van der Waals surface area (Å²) in [5.74, 6) is 0.317. The molecule has 0 radical (unpaired) electrons. The number of hydrogen-bond acceptors (Lipinski definition) is 4. The summed E-state index contributed by atoms with van der Waals surface area (Å²) in [4.78, 5) is 13.9. The number of nitrogens with zero attached hydrogens (tertiary/aromatic N) is 1. The monoisotopic (exact) mass is 272 g/mol. The average molecular weight is 272 g/mol. The molecule has 3 unspecified atom stereocenters. The quantitative estimate of drug-likeness (QED) is 0.667. The molecule has 1 saturated carbocycles. The smallest absolute Gasteiger partial charge is 0.237 e. The predicted molar refractivity (Wildman–Crippen MR) is 74.9 cm³/mol. The molecule has 0 saturated heterocycles. The van der Waals surface area contributed by atoms with E-state index in [1.54, 1.807) is 7.11 Å². The molecule has 0 spiro atoms. The number of hydrogen-bond donors (Lipinski definition) is 2. The van der Waals surface area contributed by atoms with Crippen molar-refractivity contribution in [2.24, 2.45) is 5.92 Å². The molecule has 0 heterocycles. The number of nitrogens with one attached hydrogen (secondary N) is 1. The molecule has 1 fully saturated rings. The molecule has 112 valence electrons. The van der Waals surface area contributed by atoms with Gasteiger partial charge in [0.05, 0.1) is 18.8 Å². The summed E-state index contributed by atoms with van der Waals surface area (Å²) < 4.78 is 4.91. The van der Waals surface area contributed by atoms with Crippen LogP contribution in [-0.4, -0.2) is 61.9 Å². The Morgan fingerprint density at radius 1 is 1.47 bits per heavy atom. The molecule has 1 aliphatic carbocycles. The summed E-state index contributed by atoms with van der Waals surface area (Å²) in [6.07, 6.45) is 4.05. The van der Waals surface area contributed by atoms with Gasteiger partial charge in [-0.3, -0.25) is 9.69 Å². The van der Waals surface area contributed by atoms with E-state index in [2.05, 4.69) is 5.32 Å². The maximum atomic E-state index is 11.9. The Morgan fingerprint density at radius 2 is 2.16 bits per heavy atom. The standard InChI is InChI=1S/C14H28N2O3/c1-11(14(18)15-8-9-19-3)16(2)10-12-6-4-5-7-13(12)17/h11-13,17H,4-10H2,1-3H3,(H,15,18). The lowest BCUT2D eigenvalue weighted by Gasteiger charge is -2.33. The van der Waals surface area contributed by atoms with Gasteiger partial charge in [0.2, 0.25) is 5.91 Å². The van der Waals surface area contributed by atoms with Gasteiger partial charge in [0.1, 0.15) is 0 Å². The van der Waals surface area contributed by atoms with Crippen LogP contribution in [0.3, 0.4) is 0 Å². The Hall–Kier alpha value is -0.650. The topological polar surface area (TPSA) is 61.8 Å². The number of carbonyl (C=O) groups excluding carboxylic acids is 1. The normalized spacial score (nSPS) is 25.3. The summed E-state index contributed by atoms with van der Waals surface area (Å²) in [5.41, 5.74) is 0. The number of likely N-dealkylation sites (N-methyl/N-ethyl adjacent to an activating group) is 1. The van der Waals surface area contributed by atoms with Gasteiger partial charge < -0.3 is 15.2 Å². The van der Waals surface area contributed by atoms with Crippen LogP contribution in [0, 0.1) is 5.92 Å². The van der Waals surface area contributed by atoms with Crippen LogP contribution in [0.5, 0.6) is 0 Å². The number of ether oxygens (including phenoxy) is 1. The van der Waals surface area contributed by atoms with E-state index >= 15 is 0 Å². The Labute approximate surface area is 116 Å². The summed E-state index contributed by atoms with van der Waals surface area (Å²) in [7, 11) is 3.56. The molecule has 19 heavy (non-hydrogen) atoms. The summed E-state index contributed by atoms with van der Waals surface area (Å²) in [5, 5.41) is 12.8. The number of aliphatic hydroxyl groups excluding tert-OH is 1. The van der Waals surface area contributed by atoms with Gasteiger partial charge in [-0.25, -0.2) is 0 Å². The van der Waals surface area contributed by atoms with E-state index < -0.39 is 0 Å². The third-order valence-corrected chi connectivity index (χ3v) is 4.04. The highest BCUT2D eigenvalue weighted by molar-refractivity contribution is 5.81. The van der Waals surface area contributed by atoms with E-state index in [1.165, 1.54) is 6.42 Å². The molecule has 1 aliphatic rings. The lowest BCUT2D eigenvalue weighted by atomic mass is 9.86. The first-order chi connectivity index (χ1) is 9.06. The molecule has 0 aromatic rings. The number of amides is 1. The molecular formula is C14H28N2O3. The lowest BCUT2D eigenvalue weighted by Crippen LogP contribution is -2.47. The third kappa shape index (κ3) is 5.47. The van der Waals surface area contributed by atoms with Gasteiger partial charge in [-0.05, 0) is 32.7 Å². The minimum absolute atomic E-state index is 0.0184. The molecule has 0 aromatic heterocycles. The number of aliphatic hydroxyl groups is 1. The van der Waals surface area contributed by atoms with Gasteiger partial charge >= 0.3 is 0 Å². The molecule has 0 bridgehead atoms. The lowest BCUT2D eigenvalue weighted by molar-refractivity contribution is -0.126. The maximum Gasteiger partial charge on any atom is 0.237 e. The van der Waals surface area contributed by atoms with Crippen molar-refractivity contribution in [1.82, 2.24) is 10.2 Å². The van der Waals surface area contributed by atoms with Crippen molar-refractivity contribution in [3.8, 4) is 0 Å². The Morgan fingerprint density at radius 3 is 2.79 bits per heavy atom. The van der Waals surface area contributed by atoms with Crippen LogP contribution < -0.4 is 5.32 Å². The minimum atomic E-state index is -0.208. The molecule has 1 rings (SSSR count). The fraction of sp³-hybridized carbons (Fsp3) is 0.929. The number of methoxy groups -OCH3 is 1. The highest BCUT2D eigenvalue weighted by atomic mass is 16.5. The van der Waals surface area contributed by atoms with Crippen molar-refractivity contribution in [1.29, 1.82) is 0 Å². The van der Waals surface area contributed by atoms with Gasteiger partial charge in [0, 0.05) is 20.2 Å². The largest absolute Gasteiger partial charge is 0.393 e. The van der Waals surface area contributed by atoms with Crippen molar-refractivity contribution in [2.75, 3.05) is 33.9 Å². The zero-order chi connectivity index (χ0) is 14.3. The maximum absolute atomic E-state index is 11.9. The average Bonchev–Trinajstić information content (AvgIpc) is 2.40. The zero-order valence-corrected chi connectivity index (χ0v) is 12.4. The highest BCUT2D eigenvalue weighted by Crippen LogP contribution is 2.25. The van der Waals surface area contributed by atoms with E-state index in [0.717, 1.165) is 25.8 Å². The fourth-order valence-electron chi connectivity index (χ4n) is 2.55. The number of carbonyl (C=O) groups is 1. The van der Waals surface area contributed by atoms with Crippen molar-refractivity contribution in [3.63, 3.8) is 0 Å². The second-order valence-electron chi connectivity index (χ2n) is 5.51. The van der Waals surface area contributed by atoms with Gasteiger partial charge in [0.15, 0.2) is 0 Å². The number of rotatable bonds is 7. The van der Waals surface area contributed by atoms with Crippen LogP contribution >= 0.6 is 0 Å². The van der Waals surface area contributed by atoms with Crippen LogP contribution in [0.2, 0.25) is 0 Å². The molecule has 3 atom stereocenters. The first-order valence-electron chi connectivity index (χ1n) is 7.21. The van der Waals surface area contributed by atoms with Gasteiger partial charge in [-0.2, -0.15) is 0 Å². The van der Waals surface area contributed by atoms with E-state index in [1.807, 2.05) is 18.9 Å². The zero-order valence-electron chi connectivity index (χ0n) is 12.4.